The number of aliphatic hydroxyl groups is 1. The van der Waals surface area contributed by atoms with Crippen molar-refractivity contribution < 1.29 is 19.1 Å². The maximum absolute atomic E-state index is 14.1. The molecule has 7 heteroatoms. The highest BCUT2D eigenvalue weighted by atomic mass is 35.5. The van der Waals surface area contributed by atoms with Gasteiger partial charge in [0.05, 0.1) is 18.4 Å². The molecule has 0 aliphatic carbocycles. The van der Waals surface area contributed by atoms with Gasteiger partial charge in [0.1, 0.15) is 11.9 Å². The van der Waals surface area contributed by atoms with Crippen LogP contribution in [0.15, 0.2) is 53.7 Å². The maximum Gasteiger partial charge on any atom is 0.145 e. The van der Waals surface area contributed by atoms with E-state index in [0.29, 0.717) is 36.6 Å². The van der Waals surface area contributed by atoms with Crippen molar-refractivity contribution in [3.05, 3.63) is 70.5 Å². The molecule has 3 rings (SSSR count). The fourth-order valence-electron chi connectivity index (χ4n) is 3.24. The number of ether oxygens (including phenoxy) is 1. The van der Waals surface area contributed by atoms with Crippen LogP contribution in [0.3, 0.4) is 0 Å². The van der Waals surface area contributed by atoms with Crippen molar-refractivity contribution >= 4 is 17.3 Å². The van der Waals surface area contributed by atoms with E-state index in [2.05, 4.69) is 5.16 Å². The Kier molecular flexibility index (Phi) is 7.39. The zero-order valence-corrected chi connectivity index (χ0v) is 16.5. The molecule has 0 bridgehead atoms. The largest absolute Gasteiger partial charge is 0.390 e. The first kappa shape index (κ1) is 20.7. The lowest BCUT2D eigenvalue weighted by Gasteiger charge is -2.26. The van der Waals surface area contributed by atoms with Crippen LogP contribution in [0.25, 0.3) is 0 Å². The molecule has 0 unspecified atom stereocenters. The van der Waals surface area contributed by atoms with Gasteiger partial charge >= 0.3 is 0 Å². The minimum Gasteiger partial charge on any atom is -0.390 e. The number of rotatable bonds is 9. The summed E-state index contributed by atoms with van der Waals surface area (Å²) in [6.45, 7) is 1.43. The van der Waals surface area contributed by atoms with Crippen LogP contribution in [0, 0.1) is 5.82 Å². The Labute approximate surface area is 169 Å². The van der Waals surface area contributed by atoms with Crippen LogP contribution in [0.5, 0.6) is 0 Å². The first-order valence-corrected chi connectivity index (χ1v) is 9.54. The van der Waals surface area contributed by atoms with Crippen molar-refractivity contribution in [3.8, 4) is 0 Å². The number of oxime groups is 1. The predicted molar refractivity (Wildman–Crippen MR) is 107 cm³/mol. The molecule has 2 aromatic rings. The number of benzene rings is 2. The summed E-state index contributed by atoms with van der Waals surface area (Å²) >= 11 is 5.94. The molecule has 0 saturated heterocycles. The van der Waals surface area contributed by atoms with Gasteiger partial charge in [-0.3, -0.25) is 4.90 Å². The van der Waals surface area contributed by atoms with E-state index in [4.69, 9.17) is 21.2 Å². The Morgan fingerprint density at radius 1 is 1.29 bits per heavy atom. The molecule has 0 radical (unpaired) electrons. The number of hydrogen-bond acceptors (Lipinski definition) is 5. The van der Waals surface area contributed by atoms with Crippen molar-refractivity contribution in [1.29, 1.82) is 0 Å². The standard InChI is InChI=1S/C21H24ClFN2O3/c1-27-14-18(26)12-25(11-16-4-2-3-5-20(16)23)13-19-10-21(24-28-19)15-6-8-17(22)9-7-15/h2-9,18-19,26H,10-14H2,1H3/t18-,19+/m0/s1. The lowest BCUT2D eigenvalue weighted by Crippen LogP contribution is -2.39. The molecule has 0 saturated carbocycles. The molecule has 150 valence electrons. The minimum atomic E-state index is -0.671. The fourth-order valence-corrected chi connectivity index (χ4v) is 3.37. The van der Waals surface area contributed by atoms with Gasteiger partial charge in [0.15, 0.2) is 0 Å². The van der Waals surface area contributed by atoms with Crippen molar-refractivity contribution in [2.24, 2.45) is 5.16 Å². The number of methoxy groups -OCH3 is 1. The van der Waals surface area contributed by atoms with Crippen molar-refractivity contribution in [3.63, 3.8) is 0 Å². The van der Waals surface area contributed by atoms with Gasteiger partial charge in [-0.1, -0.05) is 47.1 Å². The van der Waals surface area contributed by atoms with Crippen molar-refractivity contribution in [1.82, 2.24) is 4.90 Å². The van der Waals surface area contributed by atoms with Crippen LogP contribution in [-0.2, 0) is 16.1 Å². The smallest absolute Gasteiger partial charge is 0.145 e. The summed E-state index contributed by atoms with van der Waals surface area (Å²) in [7, 11) is 1.54. The monoisotopic (exact) mass is 406 g/mol. The quantitative estimate of drug-likeness (QED) is 0.692. The van der Waals surface area contributed by atoms with Gasteiger partial charge in [0.2, 0.25) is 0 Å². The highest BCUT2D eigenvalue weighted by Crippen LogP contribution is 2.20. The van der Waals surface area contributed by atoms with Gasteiger partial charge in [-0.15, -0.1) is 0 Å². The third-order valence-corrected chi connectivity index (χ3v) is 4.80. The van der Waals surface area contributed by atoms with Crippen LogP contribution < -0.4 is 0 Å². The van der Waals surface area contributed by atoms with Crippen LogP contribution in [0.4, 0.5) is 4.39 Å². The summed E-state index contributed by atoms with van der Waals surface area (Å²) in [4.78, 5) is 7.56. The Bertz CT molecular complexity index is 800. The summed E-state index contributed by atoms with van der Waals surface area (Å²) < 4.78 is 19.1. The summed E-state index contributed by atoms with van der Waals surface area (Å²) in [6, 6.07) is 14.1. The molecule has 2 aromatic carbocycles. The molecule has 0 aromatic heterocycles. The maximum atomic E-state index is 14.1. The number of halogens is 2. The van der Waals surface area contributed by atoms with Gasteiger partial charge in [0.25, 0.3) is 0 Å². The highest BCUT2D eigenvalue weighted by molar-refractivity contribution is 6.30. The number of nitrogens with zero attached hydrogens (tertiary/aromatic N) is 2. The van der Waals surface area contributed by atoms with Gasteiger partial charge in [-0.2, -0.15) is 0 Å². The molecular formula is C21H24ClFN2O3. The van der Waals surface area contributed by atoms with E-state index in [1.165, 1.54) is 13.2 Å². The van der Waals surface area contributed by atoms with Gasteiger partial charge in [0, 0.05) is 43.8 Å². The molecule has 2 atom stereocenters. The third-order valence-electron chi connectivity index (χ3n) is 4.55. The summed E-state index contributed by atoms with van der Waals surface area (Å²) in [5.74, 6) is -0.265. The molecule has 1 aliphatic heterocycles. The third kappa shape index (κ3) is 5.75. The molecule has 1 N–H and O–H groups in total. The first-order chi connectivity index (χ1) is 13.5. The lowest BCUT2D eigenvalue weighted by atomic mass is 10.0. The zero-order chi connectivity index (χ0) is 19.9. The second-order valence-electron chi connectivity index (χ2n) is 6.87. The summed E-state index contributed by atoms with van der Waals surface area (Å²) in [5.41, 5.74) is 2.39. The number of hydrogen-bond donors (Lipinski definition) is 1. The van der Waals surface area contributed by atoms with E-state index in [1.54, 1.807) is 18.2 Å². The SMILES string of the molecule is COC[C@@H](O)CN(Cc1ccccc1F)C[C@H]1CC(c2ccc(Cl)cc2)=NO1. The Hall–Kier alpha value is -1.99. The van der Waals surface area contributed by atoms with Crippen LogP contribution >= 0.6 is 11.6 Å². The molecule has 5 nitrogen and oxygen atoms in total. The molecule has 0 fully saturated rings. The van der Waals surface area contributed by atoms with E-state index in [9.17, 15) is 9.50 Å². The average Bonchev–Trinajstić information content (AvgIpc) is 3.13. The van der Waals surface area contributed by atoms with Crippen LogP contribution in [-0.4, -0.2) is 54.7 Å². The Morgan fingerprint density at radius 3 is 2.75 bits per heavy atom. The first-order valence-electron chi connectivity index (χ1n) is 9.16. The van der Waals surface area contributed by atoms with Crippen molar-refractivity contribution in [2.45, 2.75) is 25.2 Å². The van der Waals surface area contributed by atoms with E-state index < -0.39 is 6.10 Å². The van der Waals surface area contributed by atoms with Gasteiger partial charge in [-0.25, -0.2) is 4.39 Å². The summed E-state index contributed by atoms with van der Waals surface area (Å²) in [5, 5.41) is 15.0. The second kappa shape index (κ2) is 9.98. The van der Waals surface area contributed by atoms with E-state index in [1.807, 2.05) is 29.2 Å². The van der Waals surface area contributed by atoms with E-state index in [0.717, 1.165) is 11.3 Å². The van der Waals surface area contributed by atoms with E-state index >= 15 is 0 Å². The summed E-state index contributed by atoms with van der Waals surface area (Å²) in [6.07, 6.45) is -0.211. The molecule has 28 heavy (non-hydrogen) atoms. The minimum absolute atomic E-state index is 0.174. The molecule has 0 spiro atoms. The van der Waals surface area contributed by atoms with E-state index in [-0.39, 0.29) is 18.5 Å². The van der Waals surface area contributed by atoms with Gasteiger partial charge < -0.3 is 14.7 Å². The Morgan fingerprint density at radius 2 is 2.04 bits per heavy atom. The molecule has 1 heterocycles. The van der Waals surface area contributed by atoms with Crippen LogP contribution in [0.1, 0.15) is 17.5 Å². The zero-order valence-electron chi connectivity index (χ0n) is 15.7. The normalized spacial score (nSPS) is 17.5. The molecular weight excluding hydrogens is 383 g/mol. The van der Waals surface area contributed by atoms with Gasteiger partial charge in [-0.05, 0) is 23.8 Å². The second-order valence-corrected chi connectivity index (χ2v) is 7.31. The van der Waals surface area contributed by atoms with Crippen molar-refractivity contribution in [2.75, 3.05) is 26.8 Å². The predicted octanol–water partition coefficient (Wildman–Crippen LogP) is 3.48. The highest BCUT2D eigenvalue weighted by Gasteiger charge is 2.26. The molecule has 1 aliphatic rings. The Balaban J connectivity index is 1.64. The lowest BCUT2D eigenvalue weighted by molar-refractivity contribution is 0.00892. The fraction of sp³-hybridized carbons (Fsp3) is 0.381. The topological polar surface area (TPSA) is 54.3 Å². The average molecular weight is 407 g/mol. The number of aliphatic hydroxyl groups excluding tert-OH is 1. The molecule has 0 amide bonds. The van der Waals surface area contributed by atoms with Crippen LogP contribution in [0.2, 0.25) is 5.02 Å².